The summed E-state index contributed by atoms with van der Waals surface area (Å²) in [5, 5.41) is 0.252. The van der Waals surface area contributed by atoms with Crippen molar-refractivity contribution in [1.82, 2.24) is 4.90 Å². The molecule has 0 amide bonds. The summed E-state index contributed by atoms with van der Waals surface area (Å²) in [5.41, 5.74) is 1.50. The summed E-state index contributed by atoms with van der Waals surface area (Å²) in [5.74, 6) is 0.435. The molecule has 3 rings (SSSR count). The second kappa shape index (κ2) is 3.86. The molecule has 4 heteroatoms. The number of nitrogens with zero attached hydrogens (tertiary/aromatic N) is 1. The summed E-state index contributed by atoms with van der Waals surface area (Å²) < 4.78 is 13.1. The quantitative estimate of drug-likeness (QED) is 0.751. The van der Waals surface area contributed by atoms with Crippen molar-refractivity contribution in [2.45, 2.75) is 11.8 Å². The van der Waals surface area contributed by atoms with Crippen LogP contribution in [0.3, 0.4) is 0 Å². The molecule has 2 atom stereocenters. The number of likely N-dealkylation sites (N-methyl/N-ethyl adjacent to an activating group) is 1. The number of piperidine rings is 1. The van der Waals surface area contributed by atoms with Gasteiger partial charge in [0.15, 0.2) is 0 Å². The fraction of sp³-hybridized carbons (Fsp3) is 0.500. The lowest BCUT2D eigenvalue weighted by Crippen LogP contribution is -2.22. The Labute approximate surface area is 106 Å². The van der Waals surface area contributed by atoms with Crippen molar-refractivity contribution < 1.29 is 4.39 Å². The lowest BCUT2D eigenvalue weighted by Gasteiger charge is -2.16. The van der Waals surface area contributed by atoms with Crippen molar-refractivity contribution in [2.75, 3.05) is 20.1 Å². The fourth-order valence-corrected chi connectivity index (χ4v) is 3.17. The van der Waals surface area contributed by atoms with Crippen LogP contribution in [0.2, 0.25) is 5.02 Å². The smallest absolute Gasteiger partial charge is 0.141 e. The van der Waals surface area contributed by atoms with Gasteiger partial charge in [-0.2, -0.15) is 0 Å². The Hall–Kier alpha value is -0.310. The zero-order valence-corrected chi connectivity index (χ0v) is 10.6. The van der Waals surface area contributed by atoms with Crippen LogP contribution in [0, 0.1) is 11.7 Å². The molecular weight excluding hydrogens is 248 g/mol. The van der Waals surface area contributed by atoms with E-state index >= 15 is 0 Å². The van der Waals surface area contributed by atoms with Gasteiger partial charge in [-0.15, -0.1) is 12.4 Å². The minimum absolute atomic E-state index is 0. The maximum absolute atomic E-state index is 13.1. The van der Waals surface area contributed by atoms with Crippen molar-refractivity contribution in [3.8, 4) is 0 Å². The summed E-state index contributed by atoms with van der Waals surface area (Å²) in [6, 6.07) is 5.18. The van der Waals surface area contributed by atoms with Gasteiger partial charge in [0, 0.05) is 18.5 Å². The van der Waals surface area contributed by atoms with Crippen LogP contribution in [0.15, 0.2) is 18.2 Å². The van der Waals surface area contributed by atoms with Crippen LogP contribution in [0.5, 0.6) is 0 Å². The molecule has 0 spiro atoms. The molecule has 0 aromatic heterocycles. The molecule has 1 aliphatic heterocycles. The number of hydrogen-bond acceptors (Lipinski definition) is 1. The first kappa shape index (κ1) is 12.2. The molecule has 1 saturated carbocycles. The van der Waals surface area contributed by atoms with Crippen LogP contribution < -0.4 is 0 Å². The number of fused-ring (bicyclic) bond motifs is 1. The van der Waals surface area contributed by atoms with Gasteiger partial charge in [0.2, 0.25) is 0 Å². The van der Waals surface area contributed by atoms with E-state index in [1.807, 2.05) is 6.07 Å². The molecule has 0 radical (unpaired) electrons. The molecular formula is C12H14Cl2FN. The third-order valence-corrected chi connectivity index (χ3v) is 4.10. The van der Waals surface area contributed by atoms with E-state index in [2.05, 4.69) is 11.9 Å². The topological polar surface area (TPSA) is 3.24 Å². The van der Waals surface area contributed by atoms with E-state index in [1.165, 1.54) is 18.1 Å². The highest BCUT2D eigenvalue weighted by atomic mass is 35.5. The molecule has 2 fully saturated rings. The lowest BCUT2D eigenvalue weighted by molar-refractivity contribution is 0.363. The highest BCUT2D eigenvalue weighted by Gasteiger charge is 2.59. The van der Waals surface area contributed by atoms with E-state index in [1.54, 1.807) is 6.07 Å². The van der Waals surface area contributed by atoms with Gasteiger partial charge in [0.25, 0.3) is 0 Å². The molecule has 1 unspecified atom stereocenters. The van der Waals surface area contributed by atoms with Crippen LogP contribution in [0.4, 0.5) is 4.39 Å². The van der Waals surface area contributed by atoms with Crippen LogP contribution in [0.25, 0.3) is 0 Å². The number of likely N-dealkylation sites (tertiary alicyclic amines) is 1. The Balaban J connectivity index is 0.000000963. The Kier molecular flexibility index (Phi) is 2.94. The monoisotopic (exact) mass is 261 g/mol. The van der Waals surface area contributed by atoms with E-state index in [-0.39, 0.29) is 28.7 Å². The predicted octanol–water partition coefficient (Wildman–Crippen LogP) is 3.10. The average Bonchev–Trinajstić information content (AvgIpc) is 2.75. The molecule has 16 heavy (non-hydrogen) atoms. The van der Waals surface area contributed by atoms with E-state index in [0.29, 0.717) is 0 Å². The summed E-state index contributed by atoms with van der Waals surface area (Å²) in [6.45, 7) is 2.24. The molecule has 88 valence electrons. The van der Waals surface area contributed by atoms with E-state index < -0.39 is 0 Å². The normalized spacial score (nSPS) is 32.1. The average molecular weight is 262 g/mol. The second-order valence-electron chi connectivity index (χ2n) is 4.88. The first-order valence-corrected chi connectivity index (χ1v) is 5.64. The van der Waals surface area contributed by atoms with Crippen molar-refractivity contribution in [1.29, 1.82) is 0 Å². The van der Waals surface area contributed by atoms with Gasteiger partial charge in [-0.25, -0.2) is 4.39 Å². The zero-order valence-electron chi connectivity index (χ0n) is 9.04. The minimum atomic E-state index is -0.319. The summed E-state index contributed by atoms with van der Waals surface area (Å²) in [4.78, 5) is 2.34. The van der Waals surface area contributed by atoms with Gasteiger partial charge >= 0.3 is 0 Å². The molecule has 2 aliphatic rings. The summed E-state index contributed by atoms with van der Waals surface area (Å²) in [6.07, 6.45) is 1.24. The molecule has 1 saturated heterocycles. The van der Waals surface area contributed by atoms with Gasteiger partial charge in [0.05, 0.1) is 5.02 Å². The van der Waals surface area contributed by atoms with Crippen molar-refractivity contribution >= 4 is 24.0 Å². The maximum Gasteiger partial charge on any atom is 0.141 e. The number of rotatable bonds is 1. The van der Waals surface area contributed by atoms with Gasteiger partial charge in [-0.1, -0.05) is 17.7 Å². The molecule has 1 heterocycles. The largest absolute Gasteiger partial charge is 0.305 e. The number of hydrogen-bond donors (Lipinski definition) is 0. The first-order chi connectivity index (χ1) is 7.12. The molecule has 0 N–H and O–H groups in total. The third kappa shape index (κ3) is 1.64. The van der Waals surface area contributed by atoms with Crippen LogP contribution >= 0.6 is 24.0 Å². The highest BCUT2D eigenvalue weighted by molar-refractivity contribution is 6.30. The summed E-state index contributed by atoms with van der Waals surface area (Å²) >= 11 is 5.82. The predicted molar refractivity (Wildman–Crippen MR) is 65.9 cm³/mol. The van der Waals surface area contributed by atoms with Crippen molar-refractivity contribution in [2.24, 2.45) is 5.92 Å². The van der Waals surface area contributed by atoms with E-state index in [4.69, 9.17) is 11.6 Å². The second-order valence-corrected chi connectivity index (χ2v) is 5.29. The Morgan fingerprint density at radius 1 is 1.50 bits per heavy atom. The summed E-state index contributed by atoms with van der Waals surface area (Å²) in [7, 11) is 2.14. The molecule has 1 aromatic rings. The SMILES string of the molecule is CN1C[C@@H]2CC2(c2ccc(F)c(Cl)c2)C1.Cl. The number of benzene rings is 1. The molecule has 0 bridgehead atoms. The van der Waals surface area contributed by atoms with Crippen LogP contribution in [0.1, 0.15) is 12.0 Å². The van der Waals surface area contributed by atoms with E-state index in [0.717, 1.165) is 19.0 Å². The molecule has 1 aliphatic carbocycles. The minimum Gasteiger partial charge on any atom is -0.305 e. The molecule has 1 aromatic carbocycles. The Morgan fingerprint density at radius 2 is 2.25 bits per heavy atom. The molecule has 1 nitrogen and oxygen atoms in total. The zero-order chi connectivity index (χ0) is 10.6. The maximum atomic E-state index is 13.1. The fourth-order valence-electron chi connectivity index (χ4n) is 2.99. The Bertz CT molecular complexity index is 423. The van der Waals surface area contributed by atoms with Gasteiger partial charge in [0.1, 0.15) is 5.82 Å². The standard InChI is InChI=1S/C12H13ClFN.ClH/c1-15-6-9-5-12(9,7-15)8-2-3-11(14)10(13)4-8;/h2-4,9H,5-7H2,1H3;1H/t9-,12?;/m0./s1. The number of halogens is 3. The Morgan fingerprint density at radius 3 is 2.81 bits per heavy atom. The van der Waals surface area contributed by atoms with Crippen molar-refractivity contribution in [3.63, 3.8) is 0 Å². The third-order valence-electron chi connectivity index (χ3n) is 3.81. The lowest BCUT2D eigenvalue weighted by atomic mass is 9.95. The van der Waals surface area contributed by atoms with Crippen LogP contribution in [-0.4, -0.2) is 25.0 Å². The first-order valence-electron chi connectivity index (χ1n) is 5.26. The highest BCUT2D eigenvalue weighted by Crippen LogP contribution is 2.58. The van der Waals surface area contributed by atoms with Gasteiger partial charge in [-0.05, 0) is 37.1 Å². The van der Waals surface area contributed by atoms with E-state index in [9.17, 15) is 4.39 Å². The van der Waals surface area contributed by atoms with Crippen molar-refractivity contribution in [3.05, 3.63) is 34.6 Å². The van der Waals surface area contributed by atoms with Crippen LogP contribution in [-0.2, 0) is 5.41 Å². The van der Waals surface area contributed by atoms with Gasteiger partial charge < -0.3 is 4.90 Å². The van der Waals surface area contributed by atoms with Gasteiger partial charge in [-0.3, -0.25) is 0 Å².